The molecule has 0 amide bonds. The van der Waals surface area contributed by atoms with Gasteiger partial charge in [0, 0.05) is 6.07 Å². The van der Waals surface area contributed by atoms with E-state index in [9.17, 15) is 15.2 Å². The molecule has 0 saturated carbocycles. The topological polar surface area (TPSA) is 128 Å². The minimum Gasteiger partial charge on any atom is -0.458 e. The fourth-order valence-electron chi connectivity index (χ4n) is 2.89. The molecule has 0 aliphatic carbocycles. The molecule has 8 nitrogen and oxygen atoms in total. The number of aliphatic hydroxyl groups is 1. The molecule has 0 saturated heterocycles. The molecule has 0 spiro atoms. The summed E-state index contributed by atoms with van der Waals surface area (Å²) in [4.78, 5) is 12.2. The van der Waals surface area contributed by atoms with Crippen LogP contribution in [0.3, 0.4) is 0 Å². The first-order chi connectivity index (χ1) is 12.1. The van der Waals surface area contributed by atoms with E-state index in [1.165, 1.54) is 0 Å². The van der Waals surface area contributed by atoms with Gasteiger partial charge in [-0.2, -0.15) is 5.26 Å². The van der Waals surface area contributed by atoms with Gasteiger partial charge < -0.3 is 29.5 Å². The number of hydrogen-bond donors (Lipinski definition) is 2. The van der Waals surface area contributed by atoms with Crippen LogP contribution < -0.4 is 25.4 Å². The van der Waals surface area contributed by atoms with Crippen LogP contribution in [0, 0.1) is 11.3 Å². The van der Waals surface area contributed by atoms with E-state index in [1.807, 2.05) is 6.07 Å². The highest BCUT2D eigenvalue weighted by Gasteiger charge is 2.35. The number of nitrogens with zero attached hydrogens (tertiary/aromatic N) is 1. The summed E-state index contributed by atoms with van der Waals surface area (Å²) in [5.74, 6) is 0.247. The minimum atomic E-state index is -0.762. The number of allylic oxidation sites excluding steroid dienone is 1. The number of fused-ring (bicyclic) bond motifs is 2. The van der Waals surface area contributed by atoms with E-state index >= 15 is 0 Å². The Kier molecular flexibility index (Phi) is 3.37. The molecule has 25 heavy (non-hydrogen) atoms. The summed E-state index contributed by atoms with van der Waals surface area (Å²) in [5, 5.41) is 18.8. The van der Waals surface area contributed by atoms with Crippen molar-refractivity contribution < 1.29 is 23.7 Å². The van der Waals surface area contributed by atoms with Gasteiger partial charge >= 0.3 is 0 Å². The van der Waals surface area contributed by atoms with Gasteiger partial charge in [0.2, 0.25) is 23.9 Å². The summed E-state index contributed by atoms with van der Waals surface area (Å²) in [6, 6.07) is 8.24. The highest BCUT2D eigenvalue weighted by Crippen LogP contribution is 2.43. The van der Waals surface area contributed by atoms with Gasteiger partial charge in [-0.1, -0.05) is 6.07 Å². The summed E-state index contributed by atoms with van der Waals surface area (Å²) in [5.41, 5.74) is 6.06. The third-order valence-corrected chi connectivity index (χ3v) is 4.02. The van der Waals surface area contributed by atoms with Crippen molar-refractivity contribution in [3.8, 4) is 23.3 Å². The third-order valence-electron chi connectivity index (χ3n) is 4.02. The molecule has 8 heteroatoms. The summed E-state index contributed by atoms with van der Waals surface area (Å²) in [6.07, 6.45) is 0. The van der Waals surface area contributed by atoms with E-state index in [0.717, 1.165) is 6.07 Å². The first kappa shape index (κ1) is 15.1. The average molecular weight is 340 g/mol. The maximum atomic E-state index is 12.2. The Morgan fingerprint density at radius 2 is 2.08 bits per heavy atom. The molecular weight excluding hydrogens is 328 g/mol. The van der Waals surface area contributed by atoms with Crippen molar-refractivity contribution in [3.63, 3.8) is 0 Å². The van der Waals surface area contributed by atoms with Gasteiger partial charge in [0.1, 0.15) is 24.0 Å². The van der Waals surface area contributed by atoms with E-state index in [2.05, 4.69) is 0 Å². The molecule has 0 unspecified atom stereocenters. The van der Waals surface area contributed by atoms with Crippen LogP contribution in [0.4, 0.5) is 0 Å². The van der Waals surface area contributed by atoms with Crippen molar-refractivity contribution in [2.75, 3.05) is 6.79 Å². The molecule has 2 aromatic rings. The van der Waals surface area contributed by atoms with Crippen LogP contribution >= 0.6 is 0 Å². The van der Waals surface area contributed by atoms with Crippen molar-refractivity contribution in [1.29, 1.82) is 5.26 Å². The maximum absolute atomic E-state index is 12.2. The molecule has 3 N–H and O–H groups in total. The zero-order valence-electron chi connectivity index (χ0n) is 12.8. The zero-order chi connectivity index (χ0) is 17.6. The standard InChI is InChI=1S/C17H12N2O6/c18-5-10-14(8-1-2-12-13(3-8)23-7-22-12)16-15(25-17(10)19)11(21)4-9(6-20)24-16/h1-4,14,20H,6-7,19H2/t14-/m0/s1. The molecule has 2 aliphatic rings. The number of ether oxygens (including phenoxy) is 3. The van der Waals surface area contributed by atoms with Gasteiger partial charge in [0.15, 0.2) is 17.3 Å². The fraction of sp³-hybridized carbons (Fsp3) is 0.176. The largest absolute Gasteiger partial charge is 0.458 e. The molecular formula is C17H12N2O6. The van der Waals surface area contributed by atoms with E-state index in [0.29, 0.717) is 17.1 Å². The second kappa shape index (κ2) is 5.58. The molecule has 0 fully saturated rings. The van der Waals surface area contributed by atoms with Crippen molar-refractivity contribution in [1.82, 2.24) is 0 Å². The smallest absolute Gasteiger partial charge is 0.231 e. The first-order valence-electron chi connectivity index (χ1n) is 7.37. The Morgan fingerprint density at radius 3 is 2.84 bits per heavy atom. The maximum Gasteiger partial charge on any atom is 0.231 e. The molecule has 1 aromatic heterocycles. The number of rotatable bonds is 2. The Hall–Kier alpha value is -3.44. The predicted molar refractivity (Wildman–Crippen MR) is 82.8 cm³/mol. The second-order valence-corrected chi connectivity index (χ2v) is 5.47. The van der Waals surface area contributed by atoms with Crippen LogP contribution in [0.5, 0.6) is 17.2 Å². The molecule has 1 atom stereocenters. The Labute approximate surface area is 141 Å². The average Bonchev–Trinajstić information content (AvgIpc) is 3.08. The van der Waals surface area contributed by atoms with E-state index < -0.39 is 18.0 Å². The lowest BCUT2D eigenvalue weighted by Crippen LogP contribution is -2.25. The lowest BCUT2D eigenvalue weighted by atomic mass is 9.87. The van der Waals surface area contributed by atoms with Crippen LogP contribution in [0.2, 0.25) is 0 Å². The summed E-state index contributed by atoms with van der Waals surface area (Å²) in [6.45, 7) is -0.354. The predicted octanol–water partition coefficient (Wildman–Crippen LogP) is 1.08. The van der Waals surface area contributed by atoms with E-state index in [-0.39, 0.29) is 35.5 Å². The van der Waals surface area contributed by atoms with Crippen LogP contribution in [-0.2, 0) is 6.61 Å². The van der Waals surface area contributed by atoms with Gasteiger partial charge in [0.05, 0.1) is 5.92 Å². The van der Waals surface area contributed by atoms with Gasteiger partial charge in [-0.15, -0.1) is 0 Å². The molecule has 126 valence electrons. The first-order valence-corrected chi connectivity index (χ1v) is 7.37. The Morgan fingerprint density at radius 1 is 1.28 bits per heavy atom. The number of aliphatic hydroxyl groups excluding tert-OH is 1. The van der Waals surface area contributed by atoms with E-state index in [1.54, 1.807) is 18.2 Å². The van der Waals surface area contributed by atoms with Gasteiger partial charge in [-0.3, -0.25) is 4.79 Å². The lowest BCUT2D eigenvalue weighted by molar-refractivity contribution is 0.174. The number of nitriles is 1. The molecule has 2 aliphatic heterocycles. The highest BCUT2D eigenvalue weighted by molar-refractivity contribution is 5.55. The lowest BCUT2D eigenvalue weighted by Gasteiger charge is -2.24. The normalized spacial score (nSPS) is 17.7. The Balaban J connectivity index is 1.95. The molecule has 4 rings (SSSR count). The van der Waals surface area contributed by atoms with Crippen molar-refractivity contribution in [2.24, 2.45) is 5.73 Å². The number of benzene rings is 1. The zero-order valence-corrected chi connectivity index (χ0v) is 12.8. The molecule has 3 heterocycles. The molecule has 0 radical (unpaired) electrons. The second-order valence-electron chi connectivity index (χ2n) is 5.47. The number of nitrogens with two attached hydrogens (primary N) is 1. The molecule has 1 aromatic carbocycles. The van der Waals surface area contributed by atoms with Crippen molar-refractivity contribution >= 4 is 0 Å². The fourth-order valence-corrected chi connectivity index (χ4v) is 2.89. The summed E-state index contributed by atoms with van der Waals surface area (Å²) < 4.78 is 21.6. The van der Waals surface area contributed by atoms with Crippen LogP contribution in [0.25, 0.3) is 0 Å². The van der Waals surface area contributed by atoms with Crippen LogP contribution in [-0.4, -0.2) is 11.9 Å². The number of hydrogen-bond acceptors (Lipinski definition) is 8. The van der Waals surface area contributed by atoms with Gasteiger partial charge in [-0.05, 0) is 17.7 Å². The van der Waals surface area contributed by atoms with Crippen LogP contribution in [0.15, 0.2) is 44.9 Å². The van der Waals surface area contributed by atoms with Gasteiger partial charge in [-0.25, -0.2) is 0 Å². The van der Waals surface area contributed by atoms with E-state index in [4.69, 9.17) is 24.4 Å². The third kappa shape index (κ3) is 2.29. The monoisotopic (exact) mass is 340 g/mol. The highest BCUT2D eigenvalue weighted by atomic mass is 16.7. The van der Waals surface area contributed by atoms with Crippen LogP contribution in [0.1, 0.15) is 23.0 Å². The molecule has 0 bridgehead atoms. The minimum absolute atomic E-state index is 0.0656. The quantitative estimate of drug-likeness (QED) is 0.831. The summed E-state index contributed by atoms with van der Waals surface area (Å²) in [7, 11) is 0. The van der Waals surface area contributed by atoms with Crippen molar-refractivity contribution in [3.05, 3.63) is 63.0 Å². The van der Waals surface area contributed by atoms with Gasteiger partial charge in [0.25, 0.3) is 0 Å². The Bertz CT molecular complexity index is 1000. The van der Waals surface area contributed by atoms with Crippen molar-refractivity contribution in [2.45, 2.75) is 12.5 Å². The summed E-state index contributed by atoms with van der Waals surface area (Å²) >= 11 is 0. The SMILES string of the molecule is N#CC1=C(N)Oc2c(oc(CO)cc2=O)[C@H]1c1ccc2c(c1)OCO2.